The molecule has 0 aliphatic heterocycles. The van der Waals surface area contributed by atoms with Gasteiger partial charge in [0.25, 0.3) is 0 Å². The van der Waals surface area contributed by atoms with Crippen LogP contribution in [0.2, 0.25) is 0 Å². The third-order valence-corrected chi connectivity index (χ3v) is 3.72. The lowest BCUT2D eigenvalue weighted by molar-refractivity contribution is 0.100. The summed E-state index contributed by atoms with van der Waals surface area (Å²) >= 11 is 0. The first-order valence-corrected chi connectivity index (χ1v) is 7.89. The van der Waals surface area contributed by atoms with E-state index in [4.69, 9.17) is 0 Å². The second kappa shape index (κ2) is 7.97. The van der Waals surface area contributed by atoms with Crippen molar-refractivity contribution < 1.29 is 4.79 Å². The molecule has 0 amide bonds. The molecule has 0 radical (unpaired) electrons. The van der Waals surface area contributed by atoms with Crippen LogP contribution in [0.15, 0.2) is 84.1 Å². The molecule has 0 bridgehead atoms. The van der Waals surface area contributed by atoms with Gasteiger partial charge >= 0.3 is 0 Å². The van der Waals surface area contributed by atoms with E-state index in [0.29, 0.717) is 18.5 Å². The molecular weight excluding hydrogens is 296 g/mol. The molecule has 3 aromatic rings. The molecule has 1 heterocycles. The SMILES string of the molecule is O=C(CC=NCc1cccnc1)c1ccc(-c2ccccc2)cc1. The number of benzene rings is 2. The average Bonchev–Trinajstić information content (AvgIpc) is 2.67. The molecule has 2 aromatic carbocycles. The van der Waals surface area contributed by atoms with Crippen molar-refractivity contribution in [2.24, 2.45) is 4.99 Å². The molecule has 0 spiro atoms. The van der Waals surface area contributed by atoms with Gasteiger partial charge in [-0.2, -0.15) is 0 Å². The van der Waals surface area contributed by atoms with Crippen molar-refractivity contribution >= 4 is 12.0 Å². The number of ketones is 1. The molecule has 118 valence electrons. The normalized spacial score (nSPS) is 10.8. The van der Waals surface area contributed by atoms with Crippen molar-refractivity contribution in [2.45, 2.75) is 13.0 Å². The number of pyridine rings is 1. The maximum atomic E-state index is 12.2. The standard InChI is InChI=1S/C21H18N2O/c24-21(12-14-23-16-17-5-4-13-22-15-17)20-10-8-19(9-11-20)18-6-2-1-3-7-18/h1-11,13-15H,12,16H2. The topological polar surface area (TPSA) is 42.3 Å². The molecule has 3 heteroatoms. The van der Waals surface area contributed by atoms with Crippen molar-refractivity contribution in [1.82, 2.24) is 4.98 Å². The summed E-state index contributed by atoms with van der Waals surface area (Å²) in [5.74, 6) is 0.0737. The fraction of sp³-hybridized carbons (Fsp3) is 0.0952. The highest BCUT2D eigenvalue weighted by Gasteiger charge is 2.04. The van der Waals surface area contributed by atoms with E-state index in [-0.39, 0.29) is 5.78 Å². The van der Waals surface area contributed by atoms with E-state index in [2.05, 4.69) is 22.1 Å². The largest absolute Gasteiger partial charge is 0.294 e. The van der Waals surface area contributed by atoms with Gasteiger partial charge in [-0.1, -0.05) is 60.7 Å². The number of carbonyl (C=O) groups is 1. The van der Waals surface area contributed by atoms with Gasteiger partial charge in [0.05, 0.1) is 6.54 Å². The number of nitrogens with zero attached hydrogens (tertiary/aromatic N) is 2. The molecule has 0 saturated carbocycles. The Balaban J connectivity index is 1.57. The summed E-state index contributed by atoms with van der Waals surface area (Å²) in [6.45, 7) is 0.550. The quantitative estimate of drug-likeness (QED) is 0.493. The number of hydrogen-bond acceptors (Lipinski definition) is 3. The zero-order valence-electron chi connectivity index (χ0n) is 13.3. The Kier molecular flexibility index (Phi) is 5.25. The van der Waals surface area contributed by atoms with Crippen molar-refractivity contribution in [2.75, 3.05) is 0 Å². The number of hydrogen-bond donors (Lipinski definition) is 0. The Morgan fingerprint density at radius 1 is 0.917 bits per heavy atom. The van der Waals surface area contributed by atoms with Crippen molar-refractivity contribution in [3.8, 4) is 11.1 Å². The fourth-order valence-electron chi connectivity index (χ4n) is 2.41. The molecule has 0 saturated heterocycles. The summed E-state index contributed by atoms with van der Waals surface area (Å²) in [6, 6.07) is 21.7. The van der Waals surface area contributed by atoms with E-state index < -0.39 is 0 Å². The van der Waals surface area contributed by atoms with Crippen molar-refractivity contribution in [3.63, 3.8) is 0 Å². The van der Waals surface area contributed by atoms with E-state index >= 15 is 0 Å². The van der Waals surface area contributed by atoms with Crippen LogP contribution in [-0.4, -0.2) is 17.0 Å². The maximum Gasteiger partial charge on any atom is 0.168 e. The number of Topliss-reactive ketones (excluding diaryl/α,β-unsaturated/α-hetero) is 1. The van der Waals surface area contributed by atoms with Gasteiger partial charge in [0, 0.05) is 30.6 Å². The lowest BCUT2D eigenvalue weighted by atomic mass is 10.0. The molecule has 0 N–H and O–H groups in total. The van der Waals surface area contributed by atoms with Crippen LogP contribution in [0.3, 0.4) is 0 Å². The van der Waals surface area contributed by atoms with E-state index in [9.17, 15) is 4.79 Å². The minimum Gasteiger partial charge on any atom is -0.294 e. The van der Waals surface area contributed by atoms with E-state index in [1.165, 1.54) is 0 Å². The van der Waals surface area contributed by atoms with Gasteiger partial charge < -0.3 is 0 Å². The summed E-state index contributed by atoms with van der Waals surface area (Å²) in [7, 11) is 0. The molecule has 0 unspecified atom stereocenters. The summed E-state index contributed by atoms with van der Waals surface area (Å²) in [4.78, 5) is 20.5. The lowest BCUT2D eigenvalue weighted by Gasteiger charge is -2.03. The van der Waals surface area contributed by atoms with Gasteiger partial charge in [0.2, 0.25) is 0 Å². The van der Waals surface area contributed by atoms with Crippen molar-refractivity contribution in [1.29, 1.82) is 0 Å². The van der Waals surface area contributed by atoms with Crippen LogP contribution >= 0.6 is 0 Å². The molecule has 0 fully saturated rings. The smallest absolute Gasteiger partial charge is 0.168 e. The Morgan fingerprint density at radius 3 is 2.38 bits per heavy atom. The van der Waals surface area contributed by atoms with Crippen LogP contribution < -0.4 is 0 Å². The molecule has 0 aliphatic rings. The number of aromatic nitrogens is 1. The van der Waals surface area contributed by atoms with E-state index in [1.54, 1.807) is 18.6 Å². The van der Waals surface area contributed by atoms with Gasteiger partial charge in [-0.3, -0.25) is 14.8 Å². The highest BCUT2D eigenvalue weighted by Crippen LogP contribution is 2.19. The molecule has 0 atom stereocenters. The van der Waals surface area contributed by atoms with Gasteiger partial charge in [-0.25, -0.2) is 0 Å². The van der Waals surface area contributed by atoms with Crippen LogP contribution in [-0.2, 0) is 6.54 Å². The molecule has 3 nitrogen and oxygen atoms in total. The second-order valence-corrected chi connectivity index (χ2v) is 5.46. The van der Waals surface area contributed by atoms with Gasteiger partial charge in [-0.15, -0.1) is 0 Å². The van der Waals surface area contributed by atoms with Crippen LogP contribution in [0.1, 0.15) is 22.3 Å². The first-order valence-electron chi connectivity index (χ1n) is 7.89. The minimum absolute atomic E-state index is 0.0737. The van der Waals surface area contributed by atoms with E-state index in [1.807, 2.05) is 54.6 Å². The van der Waals surface area contributed by atoms with Gasteiger partial charge in [0.15, 0.2) is 5.78 Å². The first kappa shape index (κ1) is 15.8. The summed E-state index contributed by atoms with van der Waals surface area (Å²) in [6.07, 6.45) is 5.50. The summed E-state index contributed by atoms with van der Waals surface area (Å²) in [5, 5.41) is 0. The predicted octanol–water partition coefficient (Wildman–Crippen LogP) is 4.59. The predicted molar refractivity (Wildman–Crippen MR) is 97.3 cm³/mol. The molecule has 0 aliphatic carbocycles. The molecule has 3 rings (SSSR count). The molecule has 24 heavy (non-hydrogen) atoms. The summed E-state index contributed by atoms with van der Waals surface area (Å²) in [5.41, 5.74) is 4.00. The highest BCUT2D eigenvalue weighted by molar-refractivity contribution is 6.03. The highest BCUT2D eigenvalue weighted by atomic mass is 16.1. The summed E-state index contributed by atoms with van der Waals surface area (Å²) < 4.78 is 0. The minimum atomic E-state index is 0.0737. The van der Waals surface area contributed by atoms with Crippen LogP contribution in [0.25, 0.3) is 11.1 Å². The Labute approximate surface area is 141 Å². The fourth-order valence-corrected chi connectivity index (χ4v) is 2.41. The first-order chi connectivity index (χ1) is 11.8. The Bertz CT molecular complexity index is 809. The van der Waals surface area contributed by atoms with Crippen molar-refractivity contribution in [3.05, 3.63) is 90.3 Å². The zero-order chi connectivity index (χ0) is 16.6. The number of aliphatic imine (C=N–C) groups is 1. The molecular formula is C21H18N2O. The Morgan fingerprint density at radius 2 is 1.67 bits per heavy atom. The van der Waals surface area contributed by atoms with Gasteiger partial charge in [-0.05, 0) is 22.8 Å². The Hall–Kier alpha value is -3.07. The average molecular weight is 314 g/mol. The second-order valence-electron chi connectivity index (χ2n) is 5.46. The lowest BCUT2D eigenvalue weighted by Crippen LogP contribution is -1.99. The van der Waals surface area contributed by atoms with Crippen LogP contribution in [0.4, 0.5) is 0 Å². The number of rotatable bonds is 6. The van der Waals surface area contributed by atoms with E-state index in [0.717, 1.165) is 16.7 Å². The third-order valence-electron chi connectivity index (χ3n) is 3.72. The van der Waals surface area contributed by atoms with Crippen LogP contribution in [0.5, 0.6) is 0 Å². The monoisotopic (exact) mass is 314 g/mol. The van der Waals surface area contributed by atoms with Crippen LogP contribution in [0, 0.1) is 0 Å². The third kappa shape index (κ3) is 4.23. The number of carbonyl (C=O) groups excluding carboxylic acids is 1. The van der Waals surface area contributed by atoms with Gasteiger partial charge in [0.1, 0.15) is 0 Å². The molecule has 1 aromatic heterocycles. The maximum absolute atomic E-state index is 12.2. The zero-order valence-corrected chi connectivity index (χ0v) is 13.3.